The molecular weight excluding hydrogens is 286 g/mol. The van der Waals surface area contributed by atoms with Crippen molar-refractivity contribution in [2.45, 2.75) is 20.8 Å². The Balaban J connectivity index is 1.85. The molecule has 1 amide bonds. The van der Waals surface area contributed by atoms with Crippen LogP contribution in [0.3, 0.4) is 0 Å². The van der Waals surface area contributed by atoms with Gasteiger partial charge in [0.2, 0.25) is 0 Å². The number of amides is 1. The Bertz CT molecular complexity index is 794. The minimum Gasteiger partial charge on any atom is -0.271 e. The van der Waals surface area contributed by atoms with Crippen LogP contribution in [0.25, 0.3) is 0 Å². The van der Waals surface area contributed by atoms with E-state index >= 15 is 0 Å². The molecule has 0 saturated heterocycles. The van der Waals surface area contributed by atoms with Crippen molar-refractivity contribution < 1.29 is 4.79 Å². The van der Waals surface area contributed by atoms with Gasteiger partial charge in [-0.25, -0.2) is 0 Å². The van der Waals surface area contributed by atoms with Crippen molar-refractivity contribution in [1.82, 2.24) is 0 Å². The van der Waals surface area contributed by atoms with E-state index in [-0.39, 0.29) is 5.91 Å². The number of nitrogens with zero attached hydrogens (tertiary/aromatic N) is 3. The van der Waals surface area contributed by atoms with Crippen molar-refractivity contribution in [3.8, 4) is 0 Å². The number of hydrazone groups is 1. The first-order chi connectivity index (χ1) is 11.1. The van der Waals surface area contributed by atoms with Gasteiger partial charge in [-0.15, -0.1) is 0 Å². The van der Waals surface area contributed by atoms with Crippen LogP contribution in [0.5, 0.6) is 0 Å². The summed E-state index contributed by atoms with van der Waals surface area (Å²) in [5, 5.41) is 5.84. The van der Waals surface area contributed by atoms with Gasteiger partial charge < -0.3 is 0 Å². The second-order valence-corrected chi connectivity index (χ2v) is 5.70. The summed E-state index contributed by atoms with van der Waals surface area (Å²) >= 11 is 0. The van der Waals surface area contributed by atoms with Crippen molar-refractivity contribution in [3.63, 3.8) is 0 Å². The predicted octanol–water partition coefficient (Wildman–Crippen LogP) is 4.04. The van der Waals surface area contributed by atoms with E-state index in [9.17, 15) is 4.79 Å². The summed E-state index contributed by atoms with van der Waals surface area (Å²) < 4.78 is 0. The minimum atomic E-state index is -0.407. The van der Waals surface area contributed by atoms with Gasteiger partial charge in [0.15, 0.2) is 0 Å². The maximum Gasteiger partial charge on any atom is 0.261 e. The van der Waals surface area contributed by atoms with E-state index in [0.29, 0.717) is 0 Å². The summed E-state index contributed by atoms with van der Waals surface area (Å²) in [5.74, 6) is -0.474. The second-order valence-electron chi connectivity index (χ2n) is 5.70. The van der Waals surface area contributed by atoms with Gasteiger partial charge in [-0.1, -0.05) is 30.3 Å². The number of hydrogen-bond donors (Lipinski definition) is 0. The molecule has 0 fully saturated rings. The van der Waals surface area contributed by atoms with Gasteiger partial charge in [0, 0.05) is 6.21 Å². The maximum atomic E-state index is 12.6. The third-order valence-electron chi connectivity index (χ3n) is 4.12. The fourth-order valence-electron chi connectivity index (χ4n) is 2.54. The number of carbonyl (C=O) groups excluding carboxylic acids is 1. The molecule has 3 rings (SSSR count). The minimum absolute atomic E-state index is 0.0669. The lowest BCUT2D eigenvalue weighted by Gasteiger charge is -2.12. The van der Waals surface area contributed by atoms with Crippen molar-refractivity contribution in [2.24, 2.45) is 16.0 Å². The molecule has 2 aromatic carbocycles. The molecule has 0 N–H and O–H groups in total. The molecule has 1 aliphatic rings. The van der Waals surface area contributed by atoms with Gasteiger partial charge >= 0.3 is 0 Å². The molecule has 116 valence electrons. The molecule has 0 spiro atoms. The summed E-state index contributed by atoms with van der Waals surface area (Å²) in [7, 11) is 0. The summed E-state index contributed by atoms with van der Waals surface area (Å²) in [4.78, 5) is 17.1. The smallest absolute Gasteiger partial charge is 0.261 e. The Morgan fingerprint density at radius 3 is 2.52 bits per heavy atom. The normalized spacial score (nSPS) is 17.9. The highest BCUT2D eigenvalue weighted by molar-refractivity contribution is 6.23. The van der Waals surface area contributed by atoms with Gasteiger partial charge in [0.05, 0.1) is 17.1 Å². The van der Waals surface area contributed by atoms with Crippen LogP contribution >= 0.6 is 0 Å². The number of hydrogen-bond acceptors (Lipinski definition) is 3. The quantitative estimate of drug-likeness (QED) is 0.789. The lowest BCUT2D eigenvalue weighted by Crippen LogP contribution is -2.27. The highest BCUT2D eigenvalue weighted by atomic mass is 16.2. The first-order valence-corrected chi connectivity index (χ1v) is 7.62. The highest BCUT2D eigenvalue weighted by Gasteiger charge is 2.33. The topological polar surface area (TPSA) is 45.0 Å². The third-order valence-corrected chi connectivity index (χ3v) is 4.12. The number of aryl methyl sites for hydroxylation is 1. The maximum absolute atomic E-state index is 12.6. The fraction of sp³-hybridized carbons (Fsp3) is 0.211. The molecule has 0 saturated carbocycles. The van der Waals surface area contributed by atoms with Crippen LogP contribution in [-0.2, 0) is 4.79 Å². The Morgan fingerprint density at radius 2 is 1.78 bits per heavy atom. The van der Waals surface area contributed by atoms with E-state index in [2.05, 4.69) is 23.1 Å². The fourth-order valence-corrected chi connectivity index (χ4v) is 2.54. The van der Waals surface area contributed by atoms with Crippen LogP contribution in [0.2, 0.25) is 0 Å². The van der Waals surface area contributed by atoms with Crippen LogP contribution < -0.4 is 5.01 Å². The molecule has 0 radical (unpaired) electrons. The average molecular weight is 305 g/mol. The van der Waals surface area contributed by atoms with Crippen LogP contribution in [0.1, 0.15) is 18.1 Å². The van der Waals surface area contributed by atoms with Crippen LogP contribution in [-0.4, -0.2) is 17.8 Å². The summed E-state index contributed by atoms with van der Waals surface area (Å²) in [6, 6.07) is 15.4. The molecule has 1 heterocycles. The average Bonchev–Trinajstić information content (AvgIpc) is 2.84. The molecule has 0 aromatic heterocycles. The molecule has 0 aliphatic carbocycles. The monoisotopic (exact) mass is 305 g/mol. The lowest BCUT2D eigenvalue weighted by molar-refractivity contribution is -0.118. The Morgan fingerprint density at radius 1 is 1.04 bits per heavy atom. The number of para-hydroxylation sites is 1. The van der Waals surface area contributed by atoms with E-state index in [4.69, 9.17) is 0 Å². The van der Waals surface area contributed by atoms with Crippen molar-refractivity contribution in [1.29, 1.82) is 0 Å². The molecule has 2 aromatic rings. The van der Waals surface area contributed by atoms with Gasteiger partial charge in [0.1, 0.15) is 5.92 Å². The van der Waals surface area contributed by atoms with Crippen molar-refractivity contribution in [2.75, 3.05) is 5.01 Å². The first-order valence-electron chi connectivity index (χ1n) is 7.62. The zero-order valence-corrected chi connectivity index (χ0v) is 13.5. The summed E-state index contributed by atoms with van der Waals surface area (Å²) in [6.45, 7) is 5.95. The number of carbonyl (C=O) groups is 1. The van der Waals surface area contributed by atoms with Gasteiger partial charge in [-0.3, -0.25) is 9.79 Å². The molecule has 23 heavy (non-hydrogen) atoms. The van der Waals surface area contributed by atoms with Gasteiger partial charge in [-0.05, 0) is 50.1 Å². The van der Waals surface area contributed by atoms with Crippen molar-refractivity contribution in [3.05, 3.63) is 59.7 Å². The highest BCUT2D eigenvalue weighted by Crippen LogP contribution is 2.25. The third kappa shape index (κ3) is 2.93. The van der Waals surface area contributed by atoms with Crippen LogP contribution in [0, 0.1) is 19.8 Å². The van der Waals surface area contributed by atoms with Crippen molar-refractivity contribution >= 4 is 29.2 Å². The van der Waals surface area contributed by atoms with E-state index in [1.807, 2.05) is 56.3 Å². The Kier molecular flexibility index (Phi) is 4.06. The predicted molar refractivity (Wildman–Crippen MR) is 94.6 cm³/mol. The number of benzene rings is 2. The van der Waals surface area contributed by atoms with E-state index < -0.39 is 5.92 Å². The van der Waals surface area contributed by atoms with Crippen LogP contribution in [0.15, 0.2) is 58.6 Å². The molecule has 4 nitrogen and oxygen atoms in total. The zero-order chi connectivity index (χ0) is 16.4. The lowest BCUT2D eigenvalue weighted by atomic mass is 10.1. The standard InChI is InChI=1S/C19H19N3O/c1-13-8-7-11-18(14(13)2)20-12-17-15(3)21-22(19(17)23)16-9-5-4-6-10-16/h4-12,17H,1-3H3/t17-/m0/s1. The molecule has 0 bridgehead atoms. The Hall–Kier alpha value is -2.75. The SMILES string of the molecule is CC1=NN(c2ccccc2)C(=O)[C@H]1C=Nc1cccc(C)c1C. The number of aliphatic imine (C=N–C) groups is 1. The molecule has 0 unspecified atom stereocenters. The molecule has 4 heteroatoms. The number of rotatable bonds is 3. The largest absolute Gasteiger partial charge is 0.271 e. The molecule has 1 aliphatic heterocycles. The van der Waals surface area contributed by atoms with E-state index in [0.717, 1.165) is 22.6 Å². The Labute approximate surface area is 136 Å². The number of anilines is 1. The van der Waals surface area contributed by atoms with Gasteiger partial charge in [0.25, 0.3) is 5.91 Å². The second kappa shape index (κ2) is 6.16. The molecule has 1 atom stereocenters. The van der Waals surface area contributed by atoms with E-state index in [1.54, 1.807) is 6.21 Å². The van der Waals surface area contributed by atoms with Gasteiger partial charge in [-0.2, -0.15) is 10.1 Å². The molecular formula is C19H19N3O. The summed E-state index contributed by atoms with van der Waals surface area (Å²) in [6.07, 6.45) is 1.70. The first kappa shape index (κ1) is 15.2. The van der Waals surface area contributed by atoms with Crippen LogP contribution in [0.4, 0.5) is 11.4 Å². The summed E-state index contributed by atoms with van der Waals surface area (Å²) in [5.41, 5.74) is 4.74. The zero-order valence-electron chi connectivity index (χ0n) is 13.5. The van der Waals surface area contributed by atoms with E-state index in [1.165, 1.54) is 10.6 Å².